The highest BCUT2D eigenvalue weighted by atomic mass is 31.2. The van der Waals surface area contributed by atoms with Crippen molar-refractivity contribution in [3.63, 3.8) is 0 Å². The van der Waals surface area contributed by atoms with E-state index in [2.05, 4.69) is 41.7 Å². The maximum Gasteiger partial charge on any atom is 0.213 e. The normalized spacial score (nSPS) is 13.9. The van der Waals surface area contributed by atoms with Crippen LogP contribution >= 0.6 is 7.37 Å². The lowest BCUT2D eigenvalue weighted by Gasteiger charge is -2.37. The summed E-state index contributed by atoms with van der Waals surface area (Å²) in [7, 11) is -2.76. The molecule has 3 rings (SSSR count). The molecule has 1 unspecified atom stereocenters. The molecule has 0 saturated heterocycles. The fraction of sp³-hybridized carbons (Fsp3) is 0.217. The van der Waals surface area contributed by atoms with E-state index in [0.717, 1.165) is 16.7 Å². The van der Waals surface area contributed by atoms with Crippen LogP contribution in [0.15, 0.2) is 91.0 Å². The van der Waals surface area contributed by atoms with E-state index in [0.29, 0.717) is 6.61 Å². The minimum atomic E-state index is -2.76. The van der Waals surface area contributed by atoms with Gasteiger partial charge in [0.2, 0.25) is 7.37 Å². The molecule has 0 bridgehead atoms. The van der Waals surface area contributed by atoms with Crippen molar-refractivity contribution in [2.24, 2.45) is 0 Å². The van der Waals surface area contributed by atoms with E-state index in [9.17, 15) is 4.57 Å². The number of nitrogens with one attached hydrogen (secondary N) is 1. The van der Waals surface area contributed by atoms with Crippen LogP contribution in [0, 0.1) is 0 Å². The van der Waals surface area contributed by atoms with Crippen molar-refractivity contribution in [3.05, 3.63) is 108 Å². The second-order valence-corrected chi connectivity index (χ2v) is 9.22. The minimum absolute atomic E-state index is 0.277. The lowest BCUT2D eigenvalue weighted by atomic mass is 9.77. The SMILES string of the molecule is CCOP(C)(=O)CNC(c1ccccc1)(c1ccccc1)c1ccccc1. The standard InChI is InChI=1S/C23H26NO2P/c1-3-26-27(2,25)19-24-23(20-13-7-4-8-14-20,21-15-9-5-10-16-21)22-17-11-6-12-18-22/h4-18,24H,3,19H2,1-2H3. The van der Waals surface area contributed by atoms with Gasteiger partial charge in [-0.1, -0.05) is 91.0 Å². The van der Waals surface area contributed by atoms with Crippen LogP contribution in [0.2, 0.25) is 0 Å². The van der Waals surface area contributed by atoms with E-state index in [1.807, 2.05) is 61.5 Å². The highest BCUT2D eigenvalue weighted by Gasteiger charge is 2.37. The Bertz CT molecular complexity index is 785. The lowest BCUT2D eigenvalue weighted by molar-refractivity contribution is 0.330. The predicted octanol–water partition coefficient (Wildman–Crippen LogP) is 5.47. The summed E-state index contributed by atoms with van der Waals surface area (Å²) in [6, 6.07) is 30.9. The Morgan fingerprint density at radius 1 is 0.778 bits per heavy atom. The Labute approximate surface area is 161 Å². The molecular weight excluding hydrogens is 353 g/mol. The molecule has 27 heavy (non-hydrogen) atoms. The maximum atomic E-state index is 12.9. The Kier molecular flexibility index (Phi) is 6.28. The third-order valence-corrected chi connectivity index (χ3v) is 6.19. The zero-order valence-electron chi connectivity index (χ0n) is 15.8. The lowest BCUT2D eigenvalue weighted by Crippen LogP contribution is -2.45. The van der Waals surface area contributed by atoms with Gasteiger partial charge in [-0.05, 0) is 23.6 Å². The number of benzene rings is 3. The van der Waals surface area contributed by atoms with Crippen molar-refractivity contribution in [3.8, 4) is 0 Å². The molecule has 3 aromatic rings. The second-order valence-electron chi connectivity index (χ2n) is 6.61. The van der Waals surface area contributed by atoms with Crippen molar-refractivity contribution < 1.29 is 9.09 Å². The van der Waals surface area contributed by atoms with Crippen molar-refractivity contribution in [1.29, 1.82) is 0 Å². The third kappa shape index (κ3) is 4.39. The quantitative estimate of drug-likeness (QED) is 0.417. The first kappa shape index (κ1) is 19.6. The van der Waals surface area contributed by atoms with Gasteiger partial charge in [0.25, 0.3) is 0 Å². The van der Waals surface area contributed by atoms with E-state index >= 15 is 0 Å². The monoisotopic (exact) mass is 379 g/mol. The van der Waals surface area contributed by atoms with Crippen molar-refractivity contribution in [2.75, 3.05) is 19.6 Å². The first-order valence-corrected chi connectivity index (χ1v) is 11.5. The molecule has 0 aliphatic carbocycles. The summed E-state index contributed by atoms with van der Waals surface area (Å²) in [6.45, 7) is 3.99. The van der Waals surface area contributed by atoms with E-state index < -0.39 is 12.9 Å². The van der Waals surface area contributed by atoms with Crippen LogP contribution in [-0.2, 0) is 14.6 Å². The number of hydrogen-bond acceptors (Lipinski definition) is 3. The second kappa shape index (κ2) is 8.67. The Hall–Kier alpha value is -2.19. The highest BCUT2D eigenvalue weighted by molar-refractivity contribution is 7.58. The number of rotatable bonds is 8. The van der Waals surface area contributed by atoms with Gasteiger partial charge in [-0.15, -0.1) is 0 Å². The van der Waals surface area contributed by atoms with Gasteiger partial charge in [-0.3, -0.25) is 9.88 Å². The van der Waals surface area contributed by atoms with Crippen LogP contribution < -0.4 is 5.32 Å². The van der Waals surface area contributed by atoms with E-state index in [-0.39, 0.29) is 6.29 Å². The summed E-state index contributed by atoms with van der Waals surface area (Å²) < 4.78 is 18.4. The topological polar surface area (TPSA) is 38.3 Å². The fourth-order valence-corrected chi connectivity index (χ4v) is 4.61. The van der Waals surface area contributed by atoms with Crippen LogP contribution in [0.3, 0.4) is 0 Å². The van der Waals surface area contributed by atoms with Gasteiger partial charge in [-0.2, -0.15) is 0 Å². The zero-order chi connectivity index (χ0) is 19.2. The Morgan fingerprint density at radius 3 is 1.48 bits per heavy atom. The molecule has 3 aromatic carbocycles. The predicted molar refractivity (Wildman–Crippen MR) is 112 cm³/mol. The van der Waals surface area contributed by atoms with Crippen LogP contribution in [0.25, 0.3) is 0 Å². The largest absolute Gasteiger partial charge is 0.328 e. The summed E-state index contributed by atoms with van der Waals surface area (Å²) in [5.74, 6) is 0. The van der Waals surface area contributed by atoms with Gasteiger partial charge in [0, 0.05) is 6.66 Å². The molecule has 0 radical (unpaired) electrons. The van der Waals surface area contributed by atoms with Gasteiger partial charge in [0.15, 0.2) is 0 Å². The molecular formula is C23H26NO2P. The summed E-state index contributed by atoms with van der Waals surface area (Å²) in [4.78, 5) is 0. The summed E-state index contributed by atoms with van der Waals surface area (Å²) in [6.07, 6.45) is 0.277. The van der Waals surface area contributed by atoms with Crippen molar-refractivity contribution in [1.82, 2.24) is 5.32 Å². The summed E-state index contributed by atoms with van der Waals surface area (Å²) in [5.41, 5.74) is 2.67. The molecule has 3 nitrogen and oxygen atoms in total. The summed E-state index contributed by atoms with van der Waals surface area (Å²) >= 11 is 0. The molecule has 4 heteroatoms. The van der Waals surface area contributed by atoms with E-state index in [1.54, 1.807) is 6.66 Å². The minimum Gasteiger partial charge on any atom is -0.328 e. The van der Waals surface area contributed by atoms with E-state index in [4.69, 9.17) is 4.52 Å². The molecule has 0 spiro atoms. The first-order valence-electron chi connectivity index (χ1n) is 9.21. The van der Waals surface area contributed by atoms with Crippen molar-refractivity contribution >= 4 is 7.37 Å². The van der Waals surface area contributed by atoms with Crippen LogP contribution in [0.1, 0.15) is 23.6 Å². The molecule has 0 aliphatic rings. The molecule has 0 aliphatic heterocycles. The van der Waals surface area contributed by atoms with Crippen LogP contribution in [0.5, 0.6) is 0 Å². The Morgan fingerprint density at radius 2 is 1.15 bits per heavy atom. The van der Waals surface area contributed by atoms with Gasteiger partial charge in [0.05, 0.1) is 18.4 Å². The average Bonchev–Trinajstić information content (AvgIpc) is 2.71. The van der Waals surface area contributed by atoms with Gasteiger partial charge >= 0.3 is 0 Å². The smallest absolute Gasteiger partial charge is 0.213 e. The zero-order valence-corrected chi connectivity index (χ0v) is 16.7. The van der Waals surface area contributed by atoms with E-state index in [1.165, 1.54) is 0 Å². The third-order valence-electron chi connectivity index (χ3n) is 4.65. The Balaban J connectivity index is 2.18. The molecule has 140 valence electrons. The van der Waals surface area contributed by atoms with Gasteiger partial charge in [0.1, 0.15) is 0 Å². The molecule has 1 atom stereocenters. The summed E-state index contributed by atoms with van der Waals surface area (Å²) in [5, 5.41) is 3.62. The fourth-order valence-electron chi connectivity index (χ4n) is 3.45. The number of hydrogen-bond donors (Lipinski definition) is 1. The molecule has 0 heterocycles. The highest BCUT2D eigenvalue weighted by Crippen LogP contribution is 2.44. The average molecular weight is 379 g/mol. The van der Waals surface area contributed by atoms with Gasteiger partial charge < -0.3 is 4.52 Å². The molecule has 1 N–H and O–H groups in total. The van der Waals surface area contributed by atoms with Crippen LogP contribution in [-0.4, -0.2) is 19.6 Å². The van der Waals surface area contributed by atoms with Crippen LogP contribution in [0.4, 0.5) is 0 Å². The van der Waals surface area contributed by atoms with Gasteiger partial charge in [-0.25, -0.2) is 0 Å². The van der Waals surface area contributed by atoms with Crippen molar-refractivity contribution in [2.45, 2.75) is 12.5 Å². The molecule has 0 aromatic heterocycles. The maximum absolute atomic E-state index is 12.9. The first-order chi connectivity index (χ1) is 13.1. The molecule has 0 saturated carbocycles. The molecule has 0 fully saturated rings. The molecule has 0 amide bonds.